The van der Waals surface area contributed by atoms with Crippen molar-refractivity contribution in [3.8, 4) is 0 Å². The van der Waals surface area contributed by atoms with E-state index in [2.05, 4.69) is 24.1 Å². The summed E-state index contributed by atoms with van der Waals surface area (Å²) in [5, 5.41) is 12.8. The normalized spacial score (nSPS) is 34.7. The topological polar surface area (TPSA) is 35.5 Å². The first-order chi connectivity index (χ1) is 7.70. The summed E-state index contributed by atoms with van der Waals surface area (Å²) < 4.78 is 0. The number of hydrogen-bond acceptors (Lipinski definition) is 3. The van der Waals surface area contributed by atoms with E-state index in [0.717, 1.165) is 6.04 Å². The Morgan fingerprint density at radius 2 is 2.12 bits per heavy atom. The Balaban J connectivity index is 1.78. The molecule has 0 aromatic rings. The van der Waals surface area contributed by atoms with Gasteiger partial charge < -0.3 is 15.3 Å². The van der Waals surface area contributed by atoms with Crippen LogP contribution in [0.5, 0.6) is 0 Å². The number of aliphatic hydroxyl groups excluding tert-OH is 1. The number of nitrogens with zero attached hydrogens (tertiary/aromatic N) is 1. The minimum absolute atomic E-state index is 0.288. The van der Waals surface area contributed by atoms with Crippen LogP contribution in [0.1, 0.15) is 39.5 Å². The second kappa shape index (κ2) is 5.48. The molecule has 94 valence electrons. The van der Waals surface area contributed by atoms with Crippen LogP contribution < -0.4 is 5.32 Å². The number of fused-ring (bicyclic) bond motifs is 1. The third-order valence-corrected chi connectivity index (χ3v) is 4.46. The SMILES string of the molecule is CC(CO)C(C)NC1CCN2CCCC2C1. The molecule has 0 radical (unpaired) electrons. The van der Waals surface area contributed by atoms with Crippen molar-refractivity contribution in [2.24, 2.45) is 5.92 Å². The van der Waals surface area contributed by atoms with Crippen molar-refractivity contribution in [3.63, 3.8) is 0 Å². The van der Waals surface area contributed by atoms with Crippen molar-refractivity contribution in [2.45, 2.75) is 57.7 Å². The zero-order valence-electron chi connectivity index (χ0n) is 10.7. The van der Waals surface area contributed by atoms with E-state index in [1.807, 2.05) is 0 Å². The van der Waals surface area contributed by atoms with Gasteiger partial charge in [0.25, 0.3) is 0 Å². The van der Waals surface area contributed by atoms with Crippen molar-refractivity contribution in [2.75, 3.05) is 19.7 Å². The summed E-state index contributed by atoms with van der Waals surface area (Å²) >= 11 is 0. The highest BCUT2D eigenvalue weighted by molar-refractivity contribution is 4.90. The van der Waals surface area contributed by atoms with Gasteiger partial charge in [-0.3, -0.25) is 0 Å². The maximum atomic E-state index is 9.14. The van der Waals surface area contributed by atoms with Crippen molar-refractivity contribution in [1.82, 2.24) is 10.2 Å². The molecule has 0 aromatic carbocycles. The third kappa shape index (κ3) is 2.76. The monoisotopic (exact) mass is 226 g/mol. The van der Waals surface area contributed by atoms with Gasteiger partial charge in [0, 0.05) is 24.7 Å². The lowest BCUT2D eigenvalue weighted by atomic mass is 9.95. The van der Waals surface area contributed by atoms with Crippen molar-refractivity contribution >= 4 is 0 Å². The Hall–Kier alpha value is -0.120. The first-order valence-electron chi connectivity index (χ1n) is 6.81. The molecule has 0 aromatic heterocycles. The molecular formula is C13H26N2O. The van der Waals surface area contributed by atoms with Crippen LogP contribution in [0.3, 0.4) is 0 Å². The number of nitrogens with one attached hydrogen (secondary N) is 1. The molecule has 0 spiro atoms. The molecular weight excluding hydrogens is 200 g/mol. The van der Waals surface area contributed by atoms with E-state index >= 15 is 0 Å². The van der Waals surface area contributed by atoms with Gasteiger partial charge in [-0.1, -0.05) is 6.92 Å². The molecule has 2 aliphatic rings. The molecule has 4 atom stereocenters. The zero-order valence-corrected chi connectivity index (χ0v) is 10.7. The summed E-state index contributed by atoms with van der Waals surface area (Å²) in [6.07, 6.45) is 5.36. The maximum absolute atomic E-state index is 9.14. The van der Waals surface area contributed by atoms with Gasteiger partial charge in [-0.25, -0.2) is 0 Å². The number of rotatable bonds is 4. The average molecular weight is 226 g/mol. The smallest absolute Gasteiger partial charge is 0.0471 e. The zero-order chi connectivity index (χ0) is 11.5. The van der Waals surface area contributed by atoms with Crippen LogP contribution >= 0.6 is 0 Å². The van der Waals surface area contributed by atoms with E-state index in [1.54, 1.807) is 0 Å². The van der Waals surface area contributed by atoms with Crippen LogP contribution in [-0.4, -0.2) is 47.8 Å². The largest absolute Gasteiger partial charge is 0.396 e. The molecule has 2 saturated heterocycles. The molecule has 4 unspecified atom stereocenters. The quantitative estimate of drug-likeness (QED) is 0.756. The number of hydrogen-bond donors (Lipinski definition) is 2. The second-order valence-electron chi connectivity index (χ2n) is 5.67. The Kier molecular flexibility index (Phi) is 4.22. The predicted octanol–water partition coefficient (Wildman–Crippen LogP) is 1.22. The highest BCUT2D eigenvalue weighted by Crippen LogP contribution is 2.27. The molecule has 2 aliphatic heterocycles. The van der Waals surface area contributed by atoms with E-state index in [4.69, 9.17) is 5.11 Å². The van der Waals surface area contributed by atoms with E-state index in [-0.39, 0.29) is 6.61 Å². The molecule has 2 N–H and O–H groups in total. The average Bonchev–Trinajstić information content (AvgIpc) is 2.75. The Morgan fingerprint density at radius 3 is 2.88 bits per heavy atom. The van der Waals surface area contributed by atoms with Crippen LogP contribution in [0.25, 0.3) is 0 Å². The van der Waals surface area contributed by atoms with Gasteiger partial charge in [0.1, 0.15) is 0 Å². The van der Waals surface area contributed by atoms with Crippen LogP contribution in [0.2, 0.25) is 0 Å². The van der Waals surface area contributed by atoms with Gasteiger partial charge >= 0.3 is 0 Å². The van der Waals surface area contributed by atoms with Crippen LogP contribution in [-0.2, 0) is 0 Å². The highest BCUT2D eigenvalue weighted by atomic mass is 16.3. The second-order valence-corrected chi connectivity index (χ2v) is 5.67. The standard InChI is InChI=1S/C13H26N2O/c1-10(9-16)11(2)14-12-5-7-15-6-3-4-13(15)8-12/h10-14,16H,3-9H2,1-2H3. The summed E-state index contributed by atoms with van der Waals surface area (Å²) in [6.45, 7) is 7.18. The van der Waals surface area contributed by atoms with Gasteiger partial charge in [-0.05, 0) is 51.6 Å². The predicted molar refractivity (Wildman–Crippen MR) is 66.5 cm³/mol. The molecule has 2 rings (SSSR count). The number of aliphatic hydroxyl groups is 1. The first kappa shape index (κ1) is 12.3. The van der Waals surface area contributed by atoms with Gasteiger partial charge in [0.15, 0.2) is 0 Å². The van der Waals surface area contributed by atoms with Crippen molar-refractivity contribution in [3.05, 3.63) is 0 Å². The summed E-state index contributed by atoms with van der Waals surface area (Å²) in [4.78, 5) is 2.65. The Labute approximate surface area is 99.2 Å². The first-order valence-corrected chi connectivity index (χ1v) is 6.81. The summed E-state index contributed by atoms with van der Waals surface area (Å²) in [6, 6.07) is 1.94. The Morgan fingerprint density at radius 1 is 1.31 bits per heavy atom. The maximum Gasteiger partial charge on any atom is 0.0471 e. The Bertz CT molecular complexity index is 222. The molecule has 0 bridgehead atoms. The summed E-state index contributed by atoms with van der Waals surface area (Å²) in [7, 11) is 0. The van der Waals surface area contributed by atoms with Gasteiger partial charge in [0.2, 0.25) is 0 Å². The molecule has 2 fully saturated rings. The molecule has 0 aliphatic carbocycles. The van der Waals surface area contributed by atoms with Crippen LogP contribution in [0, 0.1) is 5.92 Å². The van der Waals surface area contributed by atoms with E-state index < -0.39 is 0 Å². The van der Waals surface area contributed by atoms with E-state index in [0.29, 0.717) is 18.0 Å². The van der Waals surface area contributed by atoms with Gasteiger partial charge in [-0.2, -0.15) is 0 Å². The van der Waals surface area contributed by atoms with E-state index in [1.165, 1.54) is 38.8 Å². The molecule has 3 nitrogen and oxygen atoms in total. The summed E-state index contributed by atoms with van der Waals surface area (Å²) in [5.41, 5.74) is 0. The minimum atomic E-state index is 0.288. The lowest BCUT2D eigenvalue weighted by Gasteiger charge is -2.37. The molecule has 0 amide bonds. The van der Waals surface area contributed by atoms with Gasteiger partial charge in [0.05, 0.1) is 0 Å². The fourth-order valence-corrected chi connectivity index (χ4v) is 3.07. The van der Waals surface area contributed by atoms with Crippen molar-refractivity contribution in [1.29, 1.82) is 0 Å². The highest BCUT2D eigenvalue weighted by Gasteiger charge is 2.32. The van der Waals surface area contributed by atoms with Crippen LogP contribution in [0.4, 0.5) is 0 Å². The van der Waals surface area contributed by atoms with E-state index in [9.17, 15) is 0 Å². The molecule has 3 heteroatoms. The third-order valence-electron chi connectivity index (χ3n) is 4.46. The minimum Gasteiger partial charge on any atom is -0.396 e. The van der Waals surface area contributed by atoms with Crippen LogP contribution in [0.15, 0.2) is 0 Å². The fourth-order valence-electron chi connectivity index (χ4n) is 3.07. The number of piperidine rings is 1. The lowest BCUT2D eigenvalue weighted by Crippen LogP contribution is -2.49. The van der Waals surface area contributed by atoms with Crippen molar-refractivity contribution < 1.29 is 5.11 Å². The lowest BCUT2D eigenvalue weighted by molar-refractivity contribution is 0.145. The fraction of sp³-hybridized carbons (Fsp3) is 1.00. The summed E-state index contributed by atoms with van der Waals surface area (Å²) in [5.74, 6) is 0.363. The molecule has 0 saturated carbocycles. The molecule has 2 heterocycles. The molecule has 16 heavy (non-hydrogen) atoms. The van der Waals surface area contributed by atoms with Gasteiger partial charge in [-0.15, -0.1) is 0 Å².